The highest BCUT2D eigenvalue weighted by atomic mass is 19.4. The summed E-state index contributed by atoms with van der Waals surface area (Å²) in [6.07, 6.45) is -5.75. The van der Waals surface area contributed by atoms with Gasteiger partial charge in [-0.15, -0.1) is 0 Å². The molecule has 0 bridgehead atoms. The molecule has 3 atom stereocenters. The Morgan fingerprint density at radius 1 is 1.45 bits per heavy atom. The van der Waals surface area contributed by atoms with Gasteiger partial charge in [-0.1, -0.05) is 6.92 Å². The predicted octanol–water partition coefficient (Wildman–Crippen LogP) is 2.42. The van der Waals surface area contributed by atoms with E-state index in [0.29, 0.717) is 19.4 Å². The van der Waals surface area contributed by atoms with Crippen molar-refractivity contribution >= 4 is 5.97 Å². The van der Waals surface area contributed by atoms with E-state index in [1.165, 1.54) is 0 Å². The second kappa shape index (κ2) is 6.76. The molecule has 0 aromatic carbocycles. The van der Waals surface area contributed by atoms with E-state index in [4.69, 9.17) is 9.47 Å². The van der Waals surface area contributed by atoms with E-state index < -0.39 is 29.9 Å². The van der Waals surface area contributed by atoms with E-state index in [9.17, 15) is 18.0 Å². The van der Waals surface area contributed by atoms with Crippen LogP contribution in [0.15, 0.2) is 0 Å². The molecule has 1 saturated carbocycles. The molecule has 0 amide bonds. The summed E-state index contributed by atoms with van der Waals surface area (Å²) < 4.78 is 47.5. The van der Waals surface area contributed by atoms with Gasteiger partial charge in [0, 0.05) is 6.42 Å². The average molecular weight is 297 g/mol. The van der Waals surface area contributed by atoms with Crippen molar-refractivity contribution in [2.24, 2.45) is 0 Å². The number of halogens is 3. The van der Waals surface area contributed by atoms with Crippen LogP contribution in [0, 0.1) is 0 Å². The Balaban J connectivity index is 2.68. The lowest BCUT2D eigenvalue weighted by atomic mass is 9.97. The van der Waals surface area contributed by atoms with E-state index >= 15 is 0 Å². The van der Waals surface area contributed by atoms with Crippen LogP contribution in [0.1, 0.15) is 40.0 Å². The monoisotopic (exact) mass is 297 g/mol. The maximum Gasteiger partial charge on any atom is 0.414 e. The van der Waals surface area contributed by atoms with Crippen molar-refractivity contribution in [3.8, 4) is 0 Å². The normalized spacial score (nSPS) is 28.4. The first kappa shape index (κ1) is 17.2. The summed E-state index contributed by atoms with van der Waals surface area (Å²) in [5.41, 5.74) is -0.916. The highest BCUT2D eigenvalue weighted by Crippen LogP contribution is 2.35. The van der Waals surface area contributed by atoms with Gasteiger partial charge < -0.3 is 14.8 Å². The van der Waals surface area contributed by atoms with Crippen LogP contribution in [0.5, 0.6) is 0 Å². The molecule has 0 aliphatic heterocycles. The van der Waals surface area contributed by atoms with E-state index in [1.807, 2.05) is 6.92 Å². The topological polar surface area (TPSA) is 47.6 Å². The molecular weight excluding hydrogens is 275 g/mol. The second-order valence-corrected chi connectivity index (χ2v) is 5.02. The lowest BCUT2D eigenvalue weighted by molar-refractivity contribution is -0.226. The Hall–Kier alpha value is -0.820. The Bertz CT molecular complexity index is 335. The molecule has 20 heavy (non-hydrogen) atoms. The van der Waals surface area contributed by atoms with Crippen molar-refractivity contribution in [2.45, 2.75) is 64.0 Å². The summed E-state index contributed by atoms with van der Waals surface area (Å²) in [5, 5.41) is 3.05. The predicted molar refractivity (Wildman–Crippen MR) is 67.3 cm³/mol. The number of alkyl halides is 3. The third-order valence-corrected chi connectivity index (χ3v) is 3.51. The van der Waals surface area contributed by atoms with Gasteiger partial charge >= 0.3 is 12.1 Å². The Labute approximate surface area is 117 Å². The van der Waals surface area contributed by atoms with E-state index in [0.717, 1.165) is 6.92 Å². The van der Waals surface area contributed by atoms with Gasteiger partial charge in [0.05, 0.1) is 12.7 Å². The van der Waals surface area contributed by atoms with Gasteiger partial charge in [0.15, 0.2) is 6.10 Å². The van der Waals surface area contributed by atoms with Crippen LogP contribution in [0.4, 0.5) is 13.2 Å². The van der Waals surface area contributed by atoms with Crippen LogP contribution >= 0.6 is 0 Å². The summed E-state index contributed by atoms with van der Waals surface area (Å²) >= 11 is 0. The number of carbonyl (C=O) groups excluding carboxylic acids is 1. The third-order valence-electron chi connectivity index (χ3n) is 3.51. The van der Waals surface area contributed by atoms with Gasteiger partial charge in [-0.25, -0.2) is 0 Å². The maximum atomic E-state index is 12.5. The lowest BCUT2D eigenvalue weighted by Gasteiger charge is -2.28. The summed E-state index contributed by atoms with van der Waals surface area (Å²) in [6, 6.07) is 0. The number of esters is 1. The fourth-order valence-electron chi connectivity index (χ4n) is 2.51. The van der Waals surface area contributed by atoms with Crippen molar-refractivity contribution in [1.82, 2.24) is 5.32 Å². The number of ether oxygens (including phenoxy) is 2. The van der Waals surface area contributed by atoms with Crippen molar-refractivity contribution < 1.29 is 27.4 Å². The zero-order chi connectivity index (χ0) is 15.4. The SMILES string of the molecule is CCNC1(C(=O)OCC)CCC(OC(C)C(F)(F)F)C1. The third kappa shape index (κ3) is 4.09. The van der Waals surface area contributed by atoms with Crippen molar-refractivity contribution in [3.05, 3.63) is 0 Å². The van der Waals surface area contributed by atoms with Crippen LogP contribution in [-0.4, -0.2) is 43.0 Å². The molecule has 0 saturated heterocycles. The lowest BCUT2D eigenvalue weighted by Crippen LogP contribution is -2.51. The van der Waals surface area contributed by atoms with Gasteiger partial charge in [-0.3, -0.25) is 4.79 Å². The van der Waals surface area contributed by atoms with E-state index in [2.05, 4.69) is 5.32 Å². The molecule has 3 unspecified atom stereocenters. The first-order valence-electron chi connectivity index (χ1n) is 6.89. The van der Waals surface area contributed by atoms with Gasteiger partial charge in [-0.2, -0.15) is 13.2 Å². The first-order valence-corrected chi connectivity index (χ1v) is 6.89. The van der Waals surface area contributed by atoms with Crippen LogP contribution < -0.4 is 5.32 Å². The zero-order valence-corrected chi connectivity index (χ0v) is 12.0. The Morgan fingerprint density at radius 3 is 2.60 bits per heavy atom. The van der Waals surface area contributed by atoms with Crippen molar-refractivity contribution in [2.75, 3.05) is 13.2 Å². The van der Waals surface area contributed by atoms with Gasteiger partial charge in [-0.05, 0) is 33.2 Å². The summed E-state index contributed by atoms with van der Waals surface area (Å²) in [7, 11) is 0. The van der Waals surface area contributed by atoms with Crippen LogP contribution in [0.25, 0.3) is 0 Å². The fraction of sp³-hybridized carbons (Fsp3) is 0.923. The molecule has 0 aromatic rings. The number of likely N-dealkylation sites (N-methyl/N-ethyl adjacent to an activating group) is 1. The number of hydrogen-bond donors (Lipinski definition) is 1. The highest BCUT2D eigenvalue weighted by molar-refractivity contribution is 5.81. The summed E-state index contributed by atoms with van der Waals surface area (Å²) in [5.74, 6) is -0.410. The number of hydrogen-bond acceptors (Lipinski definition) is 4. The molecule has 7 heteroatoms. The quantitative estimate of drug-likeness (QED) is 0.765. The fourth-order valence-corrected chi connectivity index (χ4v) is 2.51. The molecule has 1 aliphatic rings. The minimum atomic E-state index is -4.38. The average Bonchev–Trinajstić information content (AvgIpc) is 2.73. The van der Waals surface area contributed by atoms with Gasteiger partial charge in [0.25, 0.3) is 0 Å². The first-order chi connectivity index (χ1) is 9.25. The molecule has 0 heterocycles. The van der Waals surface area contributed by atoms with E-state index in [1.54, 1.807) is 6.92 Å². The molecule has 4 nitrogen and oxygen atoms in total. The standard InChI is InChI=1S/C13H22F3NO3/c1-4-17-12(11(18)19-5-2)7-6-10(8-12)20-9(3)13(14,15)16/h9-10,17H,4-8H2,1-3H3. The van der Waals surface area contributed by atoms with Crippen LogP contribution in [-0.2, 0) is 14.3 Å². The highest BCUT2D eigenvalue weighted by Gasteiger charge is 2.48. The molecule has 1 aliphatic carbocycles. The van der Waals surface area contributed by atoms with Crippen LogP contribution in [0.3, 0.4) is 0 Å². The number of rotatable bonds is 6. The molecular formula is C13H22F3NO3. The number of carbonyl (C=O) groups is 1. The maximum absolute atomic E-state index is 12.5. The molecule has 0 radical (unpaired) electrons. The summed E-state index contributed by atoms with van der Waals surface area (Å²) in [6.45, 7) is 5.31. The second-order valence-electron chi connectivity index (χ2n) is 5.02. The summed E-state index contributed by atoms with van der Waals surface area (Å²) in [4.78, 5) is 12.0. The smallest absolute Gasteiger partial charge is 0.414 e. The Kier molecular flexibility index (Phi) is 5.82. The van der Waals surface area contributed by atoms with Crippen molar-refractivity contribution in [1.29, 1.82) is 0 Å². The molecule has 118 valence electrons. The minimum absolute atomic E-state index is 0.208. The zero-order valence-electron chi connectivity index (χ0n) is 12.0. The molecule has 0 aromatic heterocycles. The van der Waals surface area contributed by atoms with Gasteiger partial charge in [0.2, 0.25) is 0 Å². The van der Waals surface area contributed by atoms with Gasteiger partial charge in [0.1, 0.15) is 5.54 Å². The van der Waals surface area contributed by atoms with Crippen molar-refractivity contribution in [3.63, 3.8) is 0 Å². The van der Waals surface area contributed by atoms with Crippen LogP contribution in [0.2, 0.25) is 0 Å². The molecule has 1 N–H and O–H groups in total. The Morgan fingerprint density at radius 2 is 2.10 bits per heavy atom. The molecule has 1 rings (SSSR count). The number of nitrogens with one attached hydrogen (secondary N) is 1. The van der Waals surface area contributed by atoms with E-state index in [-0.39, 0.29) is 13.0 Å². The molecule has 0 spiro atoms. The minimum Gasteiger partial charge on any atom is -0.465 e. The largest absolute Gasteiger partial charge is 0.465 e. The molecule has 1 fully saturated rings.